The molecule has 3 heterocycles. The molecule has 22 heavy (non-hydrogen) atoms. The smallest absolute Gasteiger partial charge is 0.274 e. The van der Waals surface area contributed by atoms with Gasteiger partial charge in [0.2, 0.25) is 0 Å². The number of ether oxygens (including phenoxy) is 1. The first-order valence-electron chi connectivity index (χ1n) is 7.15. The maximum Gasteiger partial charge on any atom is 0.274 e. The highest BCUT2D eigenvalue weighted by molar-refractivity contribution is 7.87. The van der Waals surface area contributed by atoms with Gasteiger partial charge in [-0.05, 0) is 12.8 Å². The summed E-state index contributed by atoms with van der Waals surface area (Å²) in [4.78, 5) is 18.5. The second-order valence-corrected chi connectivity index (χ2v) is 6.84. The van der Waals surface area contributed by atoms with Crippen molar-refractivity contribution in [2.75, 3.05) is 19.7 Å². The van der Waals surface area contributed by atoms with Gasteiger partial charge in [0.15, 0.2) is 0 Å². The average Bonchev–Trinajstić information content (AvgIpc) is 2.89. The lowest BCUT2D eigenvalue weighted by molar-refractivity contribution is 0.0705. The number of carbonyl (C=O) groups is 1. The van der Waals surface area contributed by atoms with Gasteiger partial charge in [-0.15, -0.1) is 0 Å². The molecular formula is C12H19N5O4S. The number of nitrogens with zero attached hydrogens (tertiary/aromatic N) is 3. The van der Waals surface area contributed by atoms with Crippen LogP contribution in [0.1, 0.15) is 29.2 Å². The lowest BCUT2D eigenvalue weighted by Crippen LogP contribution is -2.48. The standard InChI is InChI=1S/C12H19N5O4S/c13-22(19,20)15-9-1-3-16(4-2-9)12(18)10-7-17-5-6-21-8-11(17)14-10/h7,9,15H,1-6,8H2,(H2,13,19,20). The van der Waals surface area contributed by atoms with Crippen molar-refractivity contribution >= 4 is 16.1 Å². The van der Waals surface area contributed by atoms with E-state index in [4.69, 9.17) is 9.88 Å². The molecule has 3 rings (SSSR count). The predicted molar refractivity (Wildman–Crippen MR) is 77.1 cm³/mol. The normalized spacial score (nSPS) is 20.0. The topological polar surface area (TPSA) is 120 Å². The molecule has 0 saturated carbocycles. The Bertz CT molecular complexity index is 640. The highest BCUT2D eigenvalue weighted by atomic mass is 32.2. The maximum atomic E-state index is 12.5. The number of nitrogens with one attached hydrogen (secondary N) is 1. The van der Waals surface area contributed by atoms with Crippen LogP contribution >= 0.6 is 0 Å². The van der Waals surface area contributed by atoms with E-state index in [0.29, 0.717) is 51.4 Å². The molecule has 1 saturated heterocycles. The Morgan fingerprint density at radius 1 is 1.36 bits per heavy atom. The first-order chi connectivity index (χ1) is 10.4. The minimum atomic E-state index is -3.70. The zero-order valence-electron chi connectivity index (χ0n) is 12.1. The van der Waals surface area contributed by atoms with Crippen molar-refractivity contribution < 1.29 is 17.9 Å². The molecule has 0 aromatic carbocycles. The third-order valence-corrected chi connectivity index (χ3v) is 4.56. The van der Waals surface area contributed by atoms with Gasteiger partial charge >= 0.3 is 0 Å². The van der Waals surface area contributed by atoms with Crippen molar-refractivity contribution in [3.8, 4) is 0 Å². The Labute approximate surface area is 128 Å². The summed E-state index contributed by atoms with van der Waals surface area (Å²) in [7, 11) is -3.70. The minimum Gasteiger partial charge on any atom is -0.372 e. The summed E-state index contributed by atoms with van der Waals surface area (Å²) in [5, 5.41) is 4.96. The van der Waals surface area contributed by atoms with E-state index < -0.39 is 10.2 Å². The third-order valence-electron chi connectivity index (χ3n) is 3.90. The highest BCUT2D eigenvalue weighted by Crippen LogP contribution is 2.16. The highest BCUT2D eigenvalue weighted by Gasteiger charge is 2.27. The van der Waals surface area contributed by atoms with Crippen molar-refractivity contribution in [1.29, 1.82) is 0 Å². The zero-order chi connectivity index (χ0) is 15.7. The van der Waals surface area contributed by atoms with Crippen LogP contribution in [0.25, 0.3) is 0 Å². The number of hydrogen-bond donors (Lipinski definition) is 2. The average molecular weight is 329 g/mol. The summed E-state index contributed by atoms with van der Waals surface area (Å²) in [6.07, 6.45) is 2.84. The molecule has 3 N–H and O–H groups in total. The van der Waals surface area contributed by atoms with Gasteiger partial charge in [-0.2, -0.15) is 13.1 Å². The molecule has 9 nitrogen and oxygen atoms in total. The minimum absolute atomic E-state index is 0.129. The van der Waals surface area contributed by atoms with E-state index in [2.05, 4.69) is 9.71 Å². The van der Waals surface area contributed by atoms with Crippen molar-refractivity contribution in [3.05, 3.63) is 17.7 Å². The molecule has 1 aromatic rings. The monoisotopic (exact) mass is 329 g/mol. The summed E-state index contributed by atoms with van der Waals surface area (Å²) >= 11 is 0. The van der Waals surface area contributed by atoms with Gasteiger partial charge < -0.3 is 14.2 Å². The molecule has 0 spiro atoms. The molecular weight excluding hydrogens is 310 g/mol. The first-order valence-corrected chi connectivity index (χ1v) is 8.70. The van der Waals surface area contributed by atoms with Gasteiger partial charge in [-0.1, -0.05) is 0 Å². The van der Waals surface area contributed by atoms with Crippen LogP contribution in [0.15, 0.2) is 6.20 Å². The molecule has 1 fully saturated rings. The molecule has 1 aromatic heterocycles. The number of aromatic nitrogens is 2. The maximum absolute atomic E-state index is 12.5. The molecule has 0 unspecified atom stereocenters. The zero-order valence-corrected chi connectivity index (χ0v) is 12.9. The summed E-state index contributed by atoms with van der Waals surface area (Å²) < 4.78 is 31.6. The number of nitrogens with two attached hydrogens (primary N) is 1. The Morgan fingerprint density at radius 2 is 2.09 bits per heavy atom. The number of carbonyl (C=O) groups excluding carboxylic acids is 1. The SMILES string of the molecule is NS(=O)(=O)NC1CCN(C(=O)c2cn3c(n2)COCC3)CC1. The second-order valence-electron chi connectivity index (χ2n) is 5.52. The van der Waals surface area contributed by atoms with Crippen LogP contribution in [-0.4, -0.2) is 54.5 Å². The molecule has 0 aliphatic carbocycles. The summed E-state index contributed by atoms with van der Waals surface area (Å²) in [6, 6.07) is -0.220. The molecule has 10 heteroatoms. The van der Waals surface area contributed by atoms with E-state index in [1.165, 1.54) is 0 Å². The summed E-state index contributed by atoms with van der Waals surface area (Å²) in [5.41, 5.74) is 0.415. The fourth-order valence-corrected chi connectivity index (χ4v) is 3.49. The first kappa shape index (κ1) is 15.4. The van der Waals surface area contributed by atoms with Gasteiger partial charge in [0, 0.05) is 31.9 Å². The number of imidazole rings is 1. The predicted octanol–water partition coefficient (Wildman–Crippen LogP) is -1.19. The van der Waals surface area contributed by atoms with Crippen LogP contribution in [0.4, 0.5) is 0 Å². The lowest BCUT2D eigenvalue weighted by atomic mass is 10.1. The van der Waals surface area contributed by atoms with E-state index in [1.54, 1.807) is 11.1 Å². The van der Waals surface area contributed by atoms with Crippen LogP contribution in [0.2, 0.25) is 0 Å². The van der Waals surface area contributed by atoms with E-state index in [9.17, 15) is 13.2 Å². The summed E-state index contributed by atoms with van der Waals surface area (Å²) in [6.45, 7) is 2.71. The molecule has 0 radical (unpaired) electrons. The van der Waals surface area contributed by atoms with Crippen LogP contribution in [0.3, 0.4) is 0 Å². The largest absolute Gasteiger partial charge is 0.372 e. The van der Waals surface area contributed by atoms with E-state index >= 15 is 0 Å². The number of amides is 1. The van der Waals surface area contributed by atoms with Gasteiger partial charge in [-0.25, -0.2) is 10.1 Å². The molecule has 1 amide bonds. The van der Waals surface area contributed by atoms with Crippen LogP contribution < -0.4 is 9.86 Å². The number of likely N-dealkylation sites (tertiary alicyclic amines) is 1. The van der Waals surface area contributed by atoms with E-state index in [1.807, 2.05) is 4.57 Å². The van der Waals surface area contributed by atoms with Crippen LogP contribution in [-0.2, 0) is 28.1 Å². The summed E-state index contributed by atoms with van der Waals surface area (Å²) in [5.74, 6) is 0.635. The molecule has 0 atom stereocenters. The lowest BCUT2D eigenvalue weighted by Gasteiger charge is -2.31. The Morgan fingerprint density at radius 3 is 2.73 bits per heavy atom. The number of hydrogen-bond acceptors (Lipinski definition) is 5. The van der Waals surface area contributed by atoms with Crippen LogP contribution in [0.5, 0.6) is 0 Å². The van der Waals surface area contributed by atoms with Crippen molar-refractivity contribution in [2.45, 2.75) is 32.0 Å². The molecule has 0 bridgehead atoms. The molecule has 2 aliphatic rings. The molecule has 2 aliphatic heterocycles. The van der Waals surface area contributed by atoms with Crippen molar-refractivity contribution in [3.63, 3.8) is 0 Å². The van der Waals surface area contributed by atoms with Gasteiger partial charge in [0.25, 0.3) is 16.1 Å². The Hall–Kier alpha value is -1.49. The van der Waals surface area contributed by atoms with Crippen molar-refractivity contribution in [1.82, 2.24) is 19.2 Å². The van der Waals surface area contributed by atoms with Gasteiger partial charge in [-0.3, -0.25) is 4.79 Å². The molecule has 122 valence electrons. The number of piperidine rings is 1. The number of rotatable bonds is 3. The van der Waals surface area contributed by atoms with Crippen LogP contribution in [0, 0.1) is 0 Å². The Balaban J connectivity index is 1.61. The quantitative estimate of drug-likeness (QED) is 0.723. The number of fused-ring (bicyclic) bond motifs is 1. The fraction of sp³-hybridized carbons (Fsp3) is 0.667. The van der Waals surface area contributed by atoms with E-state index in [-0.39, 0.29) is 11.9 Å². The van der Waals surface area contributed by atoms with Gasteiger partial charge in [0.1, 0.15) is 18.1 Å². The van der Waals surface area contributed by atoms with E-state index in [0.717, 1.165) is 5.82 Å². The fourth-order valence-electron chi connectivity index (χ4n) is 2.79. The van der Waals surface area contributed by atoms with Gasteiger partial charge in [0.05, 0.1) is 6.61 Å². The third kappa shape index (κ3) is 3.46. The second kappa shape index (κ2) is 5.95. The van der Waals surface area contributed by atoms with Crippen molar-refractivity contribution in [2.24, 2.45) is 5.14 Å². The Kier molecular flexibility index (Phi) is 4.17.